The van der Waals surface area contributed by atoms with Gasteiger partial charge in [-0.05, 0) is 28.1 Å². The largest absolute Gasteiger partial charge is 0.477 e. The minimum atomic E-state index is -1.27. The van der Waals surface area contributed by atoms with E-state index in [4.69, 9.17) is 11.6 Å². The van der Waals surface area contributed by atoms with Crippen LogP contribution in [0.3, 0.4) is 0 Å². The number of carboxylic acid groups (broad SMARTS) is 1. The van der Waals surface area contributed by atoms with Crippen molar-refractivity contribution >= 4 is 52.9 Å². The molecule has 3 heterocycles. The number of aryl methyl sites for hydroxylation is 1. The molecule has 2 aliphatic rings. The maximum atomic E-state index is 13.5. The average molecular weight is 503 g/mol. The molecule has 0 saturated carbocycles. The van der Waals surface area contributed by atoms with Crippen molar-refractivity contribution in [3.63, 3.8) is 0 Å². The van der Waals surface area contributed by atoms with E-state index >= 15 is 0 Å². The van der Waals surface area contributed by atoms with Crippen molar-refractivity contribution in [1.29, 1.82) is 0 Å². The molecule has 2 aliphatic heterocycles. The third kappa shape index (κ3) is 3.93. The fraction of sp³-hybridized carbons (Fsp3) is 0.294. The number of nitrogens with zero attached hydrogens (tertiary/aromatic N) is 5. The summed E-state index contributed by atoms with van der Waals surface area (Å²) in [5.74, 6) is -4.70. The number of halogens is 3. The quantitative estimate of drug-likeness (QED) is 0.341. The number of aliphatic carboxylic acids is 1. The van der Waals surface area contributed by atoms with Crippen LogP contribution >= 0.6 is 35.1 Å². The number of hydrogen-bond acceptors (Lipinski definition) is 8. The van der Waals surface area contributed by atoms with Crippen molar-refractivity contribution in [1.82, 2.24) is 30.4 Å². The van der Waals surface area contributed by atoms with Gasteiger partial charge in [-0.1, -0.05) is 23.4 Å². The van der Waals surface area contributed by atoms with Crippen LogP contribution in [0.4, 0.5) is 8.78 Å². The highest BCUT2D eigenvalue weighted by Crippen LogP contribution is 2.41. The van der Waals surface area contributed by atoms with E-state index in [1.165, 1.54) is 28.2 Å². The summed E-state index contributed by atoms with van der Waals surface area (Å²) in [6.45, 7) is 0. The fourth-order valence-corrected chi connectivity index (χ4v) is 5.78. The number of carbonyl (C=O) groups is 3. The molecule has 1 aromatic carbocycles. The summed E-state index contributed by atoms with van der Waals surface area (Å²) in [6, 6.07) is 0.266. The minimum absolute atomic E-state index is 0.155. The van der Waals surface area contributed by atoms with Gasteiger partial charge in [-0.2, -0.15) is 0 Å². The Bertz CT molecular complexity index is 1180. The molecule has 2 atom stereocenters. The lowest BCUT2D eigenvalue weighted by Gasteiger charge is -2.49. The predicted molar refractivity (Wildman–Crippen MR) is 110 cm³/mol. The molecule has 0 aliphatic carbocycles. The average Bonchev–Trinajstić information content (AvgIpc) is 3.16. The zero-order valence-corrected chi connectivity index (χ0v) is 18.5. The zero-order chi connectivity index (χ0) is 23.2. The summed E-state index contributed by atoms with van der Waals surface area (Å²) in [7, 11) is 1.64. The summed E-state index contributed by atoms with van der Waals surface area (Å²) in [5, 5.41) is 22.7. The number of rotatable bonds is 6. The van der Waals surface area contributed by atoms with Gasteiger partial charge in [-0.15, -0.1) is 16.9 Å². The topological polar surface area (TPSA) is 130 Å². The maximum absolute atomic E-state index is 13.5. The third-order valence-corrected chi connectivity index (χ3v) is 7.50. The summed E-state index contributed by atoms with van der Waals surface area (Å²) in [6.07, 6.45) is 0. The van der Waals surface area contributed by atoms with Crippen molar-refractivity contribution in [2.45, 2.75) is 16.6 Å². The first kappa shape index (κ1) is 22.5. The van der Waals surface area contributed by atoms with Crippen molar-refractivity contribution in [3.05, 3.63) is 45.6 Å². The van der Waals surface area contributed by atoms with E-state index in [0.717, 1.165) is 4.90 Å². The van der Waals surface area contributed by atoms with E-state index in [0.29, 0.717) is 28.6 Å². The Morgan fingerprint density at radius 3 is 2.75 bits per heavy atom. The molecule has 1 fully saturated rings. The minimum Gasteiger partial charge on any atom is -0.477 e. The van der Waals surface area contributed by atoms with Gasteiger partial charge < -0.3 is 10.4 Å². The highest BCUT2D eigenvalue weighted by molar-refractivity contribution is 8.01. The van der Waals surface area contributed by atoms with E-state index in [2.05, 4.69) is 20.8 Å². The number of benzene rings is 1. The second kappa shape index (κ2) is 8.67. The third-order valence-electron chi connectivity index (χ3n) is 4.75. The van der Waals surface area contributed by atoms with E-state index in [9.17, 15) is 28.3 Å². The van der Waals surface area contributed by atoms with Crippen molar-refractivity contribution in [3.8, 4) is 0 Å². The predicted octanol–water partition coefficient (Wildman–Crippen LogP) is 1.29. The van der Waals surface area contributed by atoms with Gasteiger partial charge in [0.2, 0.25) is 5.16 Å². The van der Waals surface area contributed by atoms with Gasteiger partial charge in [0, 0.05) is 18.6 Å². The molecule has 2 aromatic rings. The number of carbonyl (C=O) groups excluding carboxylic acids is 2. The van der Waals surface area contributed by atoms with Crippen LogP contribution in [0.15, 0.2) is 28.6 Å². The van der Waals surface area contributed by atoms with Gasteiger partial charge in [-0.3, -0.25) is 14.5 Å². The van der Waals surface area contributed by atoms with Crippen LogP contribution in [0.5, 0.6) is 0 Å². The van der Waals surface area contributed by atoms with E-state index in [1.54, 1.807) is 7.05 Å². The first-order chi connectivity index (χ1) is 15.2. The number of hydrogen-bond donors (Lipinski definition) is 2. The number of tetrazole rings is 1. The lowest BCUT2D eigenvalue weighted by Crippen LogP contribution is -2.70. The van der Waals surface area contributed by atoms with Gasteiger partial charge in [0.15, 0.2) is 11.6 Å². The molecule has 0 bridgehead atoms. The van der Waals surface area contributed by atoms with E-state index in [1.807, 2.05) is 0 Å². The van der Waals surface area contributed by atoms with Crippen LogP contribution in [0.25, 0.3) is 0 Å². The smallest absolute Gasteiger partial charge is 0.352 e. The number of nitrogens with one attached hydrogen (secondary N) is 1. The molecule has 15 heteroatoms. The van der Waals surface area contributed by atoms with Crippen LogP contribution < -0.4 is 5.32 Å². The number of aromatic nitrogens is 4. The number of β-lactam (4-membered cyclic amide) rings is 1. The van der Waals surface area contributed by atoms with Crippen LogP contribution in [-0.4, -0.2) is 70.9 Å². The van der Waals surface area contributed by atoms with Crippen molar-refractivity contribution in [2.75, 3.05) is 11.5 Å². The van der Waals surface area contributed by atoms with Crippen LogP contribution in [0, 0.1) is 11.6 Å². The standard InChI is InChI=1S/C17H13ClF2N6O4S2/c1-25-17(22-23-24-25)32-5-6-4-31-15-11(14(28)26(15)12(6)16(29)30)21-13(27)7-2-9(19)10(20)3-8(7)18/h2-3,11,15H,4-5H2,1H3,(H,21,27)(H,29,30)/t11-,15-/m0/s1. The molecular formula is C17H13ClF2N6O4S2. The molecule has 0 unspecified atom stereocenters. The normalized spacial score (nSPS) is 20.1. The molecule has 2 amide bonds. The van der Waals surface area contributed by atoms with Crippen molar-refractivity contribution < 1.29 is 28.3 Å². The number of amides is 2. The SMILES string of the molecule is Cn1nnnc1SCC1=C(C(=O)O)N2C(=O)[C@H](NC(=O)c3cc(F)c(F)cc3Cl)[C@@H]2SC1. The summed E-state index contributed by atoms with van der Waals surface area (Å²) >= 11 is 8.31. The van der Waals surface area contributed by atoms with Gasteiger partial charge in [0.25, 0.3) is 11.8 Å². The summed E-state index contributed by atoms with van der Waals surface area (Å²) in [4.78, 5) is 38.2. The molecule has 10 nitrogen and oxygen atoms in total. The Balaban J connectivity index is 1.51. The summed E-state index contributed by atoms with van der Waals surface area (Å²) < 4.78 is 28.2. The Hall–Kier alpha value is -2.71. The molecule has 1 aromatic heterocycles. The number of thioether (sulfide) groups is 2. The van der Waals surface area contributed by atoms with Gasteiger partial charge in [-0.25, -0.2) is 18.3 Å². The second-order valence-electron chi connectivity index (χ2n) is 6.74. The monoisotopic (exact) mass is 502 g/mol. The van der Waals surface area contributed by atoms with E-state index in [-0.39, 0.29) is 22.0 Å². The van der Waals surface area contributed by atoms with Gasteiger partial charge >= 0.3 is 5.97 Å². The highest BCUT2D eigenvalue weighted by Gasteiger charge is 2.54. The summed E-state index contributed by atoms with van der Waals surface area (Å²) in [5.41, 5.74) is 0.0206. The molecule has 32 heavy (non-hydrogen) atoms. The van der Waals surface area contributed by atoms with E-state index < -0.39 is 40.8 Å². The molecule has 0 radical (unpaired) electrons. The molecular weight excluding hydrogens is 490 g/mol. The first-order valence-corrected chi connectivity index (χ1v) is 11.3. The van der Waals surface area contributed by atoms with Crippen LogP contribution in [0.2, 0.25) is 5.02 Å². The van der Waals surface area contributed by atoms with Crippen LogP contribution in [0.1, 0.15) is 10.4 Å². The number of fused-ring (bicyclic) bond motifs is 1. The zero-order valence-electron chi connectivity index (χ0n) is 16.1. The molecule has 2 N–H and O–H groups in total. The molecule has 0 spiro atoms. The van der Waals surface area contributed by atoms with Gasteiger partial charge in [0.1, 0.15) is 17.1 Å². The first-order valence-electron chi connectivity index (χ1n) is 8.89. The van der Waals surface area contributed by atoms with Crippen molar-refractivity contribution in [2.24, 2.45) is 7.05 Å². The highest BCUT2D eigenvalue weighted by atomic mass is 35.5. The second-order valence-corrected chi connectivity index (χ2v) is 9.19. The Kier molecular flexibility index (Phi) is 6.09. The molecule has 4 rings (SSSR count). The fourth-order valence-electron chi connectivity index (χ4n) is 3.21. The molecule has 168 valence electrons. The maximum Gasteiger partial charge on any atom is 0.352 e. The lowest BCUT2D eigenvalue weighted by atomic mass is 10.0. The van der Waals surface area contributed by atoms with Crippen LogP contribution in [-0.2, 0) is 16.6 Å². The Morgan fingerprint density at radius 2 is 2.09 bits per heavy atom. The number of carboxylic acids is 1. The molecule has 1 saturated heterocycles. The van der Waals surface area contributed by atoms with Gasteiger partial charge in [0.05, 0.1) is 10.6 Å². The Labute approximate surface area is 192 Å². The lowest BCUT2D eigenvalue weighted by molar-refractivity contribution is -0.148. The Morgan fingerprint density at radius 1 is 1.38 bits per heavy atom.